The molecule has 0 spiro atoms. The van der Waals surface area contributed by atoms with Gasteiger partial charge in [-0.3, -0.25) is 4.79 Å². The summed E-state index contributed by atoms with van der Waals surface area (Å²) in [7, 11) is 3.41. The summed E-state index contributed by atoms with van der Waals surface area (Å²) >= 11 is 5.96. The number of halogens is 1. The highest BCUT2D eigenvalue weighted by atomic mass is 35.5. The number of nitrogens with zero attached hydrogens (tertiary/aromatic N) is 2. The number of aromatic nitrogens is 2. The molecule has 2 N–H and O–H groups in total. The van der Waals surface area contributed by atoms with Gasteiger partial charge < -0.3 is 10.6 Å². The largest absolute Gasteiger partial charge is 0.388 e. The van der Waals surface area contributed by atoms with Crippen molar-refractivity contribution in [3.63, 3.8) is 0 Å². The second-order valence-corrected chi connectivity index (χ2v) is 4.13. The Bertz CT molecular complexity index is 606. The van der Waals surface area contributed by atoms with Crippen molar-refractivity contribution in [2.45, 2.75) is 0 Å². The van der Waals surface area contributed by atoms with Crippen molar-refractivity contribution in [3.05, 3.63) is 45.8 Å². The van der Waals surface area contributed by atoms with Gasteiger partial charge in [0.25, 0.3) is 5.56 Å². The first-order chi connectivity index (χ1) is 8.61. The molecule has 0 aliphatic carbocycles. The molecule has 0 saturated carbocycles. The predicted octanol–water partition coefficient (Wildman–Crippen LogP) is 2.22. The summed E-state index contributed by atoms with van der Waals surface area (Å²) in [6.45, 7) is 0. The monoisotopic (exact) mass is 264 g/mol. The van der Waals surface area contributed by atoms with Gasteiger partial charge in [0.05, 0.1) is 11.9 Å². The van der Waals surface area contributed by atoms with Gasteiger partial charge in [0.15, 0.2) is 0 Å². The minimum atomic E-state index is -0.325. The van der Waals surface area contributed by atoms with Crippen LogP contribution in [0.4, 0.5) is 17.1 Å². The van der Waals surface area contributed by atoms with Gasteiger partial charge in [-0.1, -0.05) is 11.6 Å². The number of hydrogen-bond acceptors (Lipinski definition) is 4. The molecular weight excluding hydrogens is 252 g/mol. The van der Waals surface area contributed by atoms with Crippen LogP contribution in [0.15, 0.2) is 35.3 Å². The van der Waals surface area contributed by atoms with Gasteiger partial charge >= 0.3 is 0 Å². The molecule has 6 heteroatoms. The minimum Gasteiger partial charge on any atom is -0.388 e. The molecule has 0 bridgehead atoms. The van der Waals surface area contributed by atoms with Gasteiger partial charge in [-0.15, -0.1) is 0 Å². The van der Waals surface area contributed by atoms with Gasteiger partial charge in [0, 0.05) is 25.5 Å². The molecule has 5 nitrogen and oxygen atoms in total. The molecule has 1 heterocycles. The normalized spacial score (nSPS) is 10.2. The average molecular weight is 265 g/mol. The molecule has 2 rings (SSSR count). The molecule has 2 aromatic rings. The first-order valence-corrected chi connectivity index (χ1v) is 5.76. The fourth-order valence-corrected chi connectivity index (χ4v) is 1.69. The van der Waals surface area contributed by atoms with Crippen molar-refractivity contribution < 1.29 is 0 Å². The van der Waals surface area contributed by atoms with E-state index in [-0.39, 0.29) is 10.6 Å². The number of nitrogens with one attached hydrogen (secondary N) is 2. The van der Waals surface area contributed by atoms with Crippen LogP contribution in [0.5, 0.6) is 0 Å². The fraction of sp³-hybridized carbons (Fsp3) is 0.167. The highest BCUT2D eigenvalue weighted by Crippen LogP contribution is 2.22. The van der Waals surface area contributed by atoms with Gasteiger partial charge in [0.2, 0.25) is 0 Å². The number of hydrogen-bond donors (Lipinski definition) is 2. The smallest absolute Gasteiger partial charge is 0.287 e. The lowest BCUT2D eigenvalue weighted by Crippen LogP contribution is -2.20. The summed E-state index contributed by atoms with van der Waals surface area (Å²) in [6, 6.07) is 7.62. The van der Waals surface area contributed by atoms with Gasteiger partial charge in [-0.25, -0.2) is 4.68 Å². The Morgan fingerprint density at radius 3 is 2.44 bits per heavy atom. The first kappa shape index (κ1) is 12.4. The van der Waals surface area contributed by atoms with E-state index in [4.69, 9.17) is 11.6 Å². The molecule has 0 amide bonds. The summed E-state index contributed by atoms with van der Waals surface area (Å²) in [5, 5.41) is 10.1. The van der Waals surface area contributed by atoms with Crippen molar-refractivity contribution in [3.8, 4) is 0 Å². The highest BCUT2D eigenvalue weighted by molar-refractivity contribution is 6.33. The zero-order valence-corrected chi connectivity index (χ0v) is 10.8. The molecule has 94 valence electrons. The van der Waals surface area contributed by atoms with Crippen molar-refractivity contribution in [1.82, 2.24) is 9.78 Å². The second-order valence-electron chi connectivity index (χ2n) is 3.75. The zero-order chi connectivity index (χ0) is 13.1. The van der Waals surface area contributed by atoms with Crippen LogP contribution in [0.25, 0.3) is 0 Å². The molecular formula is C12H13ClN4O. The van der Waals surface area contributed by atoms with Gasteiger partial charge in [-0.05, 0) is 24.3 Å². The third kappa shape index (κ3) is 2.46. The van der Waals surface area contributed by atoms with Gasteiger partial charge in [-0.2, -0.15) is 5.10 Å². The molecule has 0 saturated heterocycles. The Morgan fingerprint density at radius 2 is 1.83 bits per heavy atom. The van der Waals surface area contributed by atoms with E-state index >= 15 is 0 Å². The lowest BCUT2D eigenvalue weighted by Gasteiger charge is -2.09. The maximum absolute atomic E-state index is 11.6. The lowest BCUT2D eigenvalue weighted by atomic mass is 10.2. The predicted molar refractivity (Wildman–Crippen MR) is 73.8 cm³/mol. The van der Waals surface area contributed by atoms with Crippen molar-refractivity contribution >= 4 is 28.7 Å². The Hall–Kier alpha value is -2.01. The van der Waals surface area contributed by atoms with Crippen LogP contribution in [0.1, 0.15) is 0 Å². The van der Waals surface area contributed by atoms with Crippen LogP contribution < -0.4 is 16.2 Å². The Morgan fingerprint density at radius 1 is 1.22 bits per heavy atom. The summed E-state index contributed by atoms with van der Waals surface area (Å²) < 4.78 is 1.19. The third-order valence-electron chi connectivity index (χ3n) is 2.53. The molecule has 1 aromatic carbocycles. The Labute approximate surface area is 109 Å². The highest BCUT2D eigenvalue weighted by Gasteiger charge is 2.07. The second kappa shape index (κ2) is 5.10. The van der Waals surface area contributed by atoms with Crippen LogP contribution in [-0.4, -0.2) is 16.8 Å². The molecule has 0 unspecified atom stereocenters. The fourth-order valence-electron chi connectivity index (χ4n) is 1.47. The number of rotatable bonds is 3. The van der Waals surface area contributed by atoms with Crippen LogP contribution in [0.3, 0.4) is 0 Å². The maximum atomic E-state index is 11.6. The van der Waals surface area contributed by atoms with Crippen LogP contribution in [0.2, 0.25) is 5.02 Å². The summed E-state index contributed by atoms with van der Waals surface area (Å²) in [5.41, 5.74) is 2.02. The van der Waals surface area contributed by atoms with Gasteiger partial charge in [0.1, 0.15) is 5.02 Å². The molecule has 0 radical (unpaired) electrons. The van der Waals surface area contributed by atoms with Crippen LogP contribution in [0, 0.1) is 0 Å². The SMILES string of the molecule is CNc1ccc(Nc2cnn(C)c(=O)c2Cl)cc1. The van der Waals surface area contributed by atoms with Crippen molar-refractivity contribution in [1.29, 1.82) is 0 Å². The average Bonchev–Trinajstić information content (AvgIpc) is 2.40. The molecule has 18 heavy (non-hydrogen) atoms. The zero-order valence-electron chi connectivity index (χ0n) is 10.1. The quantitative estimate of drug-likeness (QED) is 0.892. The minimum absolute atomic E-state index is 0.130. The van der Waals surface area contributed by atoms with Crippen molar-refractivity contribution in [2.24, 2.45) is 7.05 Å². The van der Waals surface area contributed by atoms with E-state index < -0.39 is 0 Å². The van der Waals surface area contributed by atoms with E-state index in [9.17, 15) is 4.79 Å². The van der Waals surface area contributed by atoms with E-state index in [1.807, 2.05) is 31.3 Å². The molecule has 0 aliphatic rings. The van der Waals surface area contributed by atoms with Crippen molar-refractivity contribution in [2.75, 3.05) is 17.7 Å². The summed E-state index contributed by atoms with van der Waals surface area (Å²) in [5.74, 6) is 0. The van der Waals surface area contributed by atoms with Crippen LogP contribution in [-0.2, 0) is 7.05 Å². The summed E-state index contributed by atoms with van der Waals surface area (Å²) in [6.07, 6.45) is 1.52. The molecule has 1 aromatic heterocycles. The molecule has 0 aliphatic heterocycles. The Kier molecular flexibility index (Phi) is 3.53. The van der Waals surface area contributed by atoms with E-state index in [2.05, 4.69) is 15.7 Å². The lowest BCUT2D eigenvalue weighted by molar-refractivity contribution is 0.709. The number of anilines is 3. The topological polar surface area (TPSA) is 59.0 Å². The van der Waals surface area contributed by atoms with E-state index in [0.29, 0.717) is 5.69 Å². The Balaban J connectivity index is 2.28. The third-order valence-corrected chi connectivity index (χ3v) is 2.90. The number of aryl methyl sites for hydroxylation is 1. The summed E-state index contributed by atoms with van der Waals surface area (Å²) in [4.78, 5) is 11.6. The van der Waals surface area contributed by atoms with Crippen LogP contribution >= 0.6 is 11.6 Å². The van der Waals surface area contributed by atoms with E-state index in [0.717, 1.165) is 11.4 Å². The van der Waals surface area contributed by atoms with E-state index in [1.54, 1.807) is 7.05 Å². The first-order valence-electron chi connectivity index (χ1n) is 5.38. The standard InChI is InChI=1S/C12H13ClN4O/c1-14-8-3-5-9(6-4-8)16-10-7-15-17(2)12(18)11(10)13/h3-7,14,16H,1-2H3. The molecule has 0 fully saturated rings. The maximum Gasteiger partial charge on any atom is 0.287 e. The van der Waals surface area contributed by atoms with E-state index in [1.165, 1.54) is 10.9 Å². The molecule has 0 atom stereocenters. The number of benzene rings is 1.